The van der Waals surface area contributed by atoms with Gasteiger partial charge in [-0.05, 0) is 74.7 Å². The second kappa shape index (κ2) is 12.7. The number of nitrogens with zero attached hydrogens (tertiary/aromatic N) is 2. The first-order valence-electron chi connectivity index (χ1n) is 12.5. The van der Waals surface area contributed by atoms with Crippen molar-refractivity contribution in [1.82, 2.24) is 10.2 Å². The Bertz CT molecular complexity index is 1360. The molecule has 0 saturated heterocycles. The van der Waals surface area contributed by atoms with E-state index in [1.165, 1.54) is 41.3 Å². The zero-order chi connectivity index (χ0) is 27.9. The average molecular weight is 540 g/mol. The lowest BCUT2D eigenvalue weighted by atomic mass is 10.1. The van der Waals surface area contributed by atoms with Crippen molar-refractivity contribution >= 4 is 27.5 Å². The van der Waals surface area contributed by atoms with Crippen LogP contribution in [0.2, 0.25) is 0 Å². The van der Waals surface area contributed by atoms with Crippen LogP contribution in [0.5, 0.6) is 0 Å². The van der Waals surface area contributed by atoms with Crippen molar-refractivity contribution in [3.8, 4) is 0 Å². The Morgan fingerprint density at radius 3 is 2.21 bits per heavy atom. The maximum absolute atomic E-state index is 13.8. The second-order valence-corrected chi connectivity index (χ2v) is 11.1. The highest BCUT2D eigenvalue weighted by Gasteiger charge is 2.32. The van der Waals surface area contributed by atoms with Gasteiger partial charge < -0.3 is 10.2 Å². The molecular formula is C29H34FN3O4S. The van der Waals surface area contributed by atoms with Gasteiger partial charge in [0.25, 0.3) is 10.0 Å². The number of amides is 2. The van der Waals surface area contributed by atoms with E-state index in [9.17, 15) is 22.4 Å². The zero-order valence-corrected chi connectivity index (χ0v) is 23.0. The second-order valence-electron chi connectivity index (χ2n) is 9.28. The molecule has 0 fully saturated rings. The van der Waals surface area contributed by atoms with E-state index in [0.29, 0.717) is 17.8 Å². The van der Waals surface area contributed by atoms with E-state index >= 15 is 0 Å². The molecule has 0 spiro atoms. The van der Waals surface area contributed by atoms with Gasteiger partial charge in [-0.15, -0.1) is 0 Å². The fourth-order valence-electron chi connectivity index (χ4n) is 3.91. The number of carbonyl (C=O) groups is 2. The normalized spacial score (nSPS) is 12.0. The predicted molar refractivity (Wildman–Crippen MR) is 147 cm³/mol. The molecule has 0 aromatic heterocycles. The summed E-state index contributed by atoms with van der Waals surface area (Å²) in [6.45, 7) is 7.14. The Labute approximate surface area is 224 Å². The number of carbonyl (C=O) groups excluding carboxylic acids is 2. The maximum Gasteiger partial charge on any atom is 0.264 e. The number of rotatable bonds is 11. The van der Waals surface area contributed by atoms with Crippen molar-refractivity contribution in [2.24, 2.45) is 0 Å². The van der Waals surface area contributed by atoms with Gasteiger partial charge in [0.15, 0.2) is 0 Å². The fraction of sp³-hybridized carbons (Fsp3) is 0.310. The van der Waals surface area contributed by atoms with Crippen molar-refractivity contribution < 1.29 is 22.4 Å². The summed E-state index contributed by atoms with van der Waals surface area (Å²) in [4.78, 5) is 28.0. The third kappa shape index (κ3) is 7.19. The minimum atomic E-state index is -4.12. The first-order chi connectivity index (χ1) is 18.0. The van der Waals surface area contributed by atoms with E-state index in [2.05, 4.69) is 5.32 Å². The predicted octanol–water partition coefficient (Wildman–Crippen LogP) is 4.58. The van der Waals surface area contributed by atoms with Gasteiger partial charge in [-0.1, -0.05) is 48.9 Å². The van der Waals surface area contributed by atoms with Crippen molar-refractivity contribution in [1.29, 1.82) is 0 Å². The van der Waals surface area contributed by atoms with Crippen LogP contribution in [0.15, 0.2) is 77.7 Å². The van der Waals surface area contributed by atoms with Crippen LogP contribution in [0, 0.1) is 19.7 Å². The van der Waals surface area contributed by atoms with Crippen LogP contribution < -0.4 is 9.62 Å². The van der Waals surface area contributed by atoms with Crippen LogP contribution in [0.4, 0.5) is 10.1 Å². The molecule has 0 heterocycles. The molecule has 7 nitrogen and oxygen atoms in total. The number of sulfonamides is 1. The molecule has 3 aromatic carbocycles. The minimum absolute atomic E-state index is 0.00601. The minimum Gasteiger partial charge on any atom is -0.354 e. The highest BCUT2D eigenvalue weighted by Crippen LogP contribution is 2.25. The molecule has 0 aliphatic carbocycles. The summed E-state index contributed by atoms with van der Waals surface area (Å²) in [5.74, 6) is -1.34. The average Bonchev–Trinajstić information content (AvgIpc) is 2.89. The van der Waals surface area contributed by atoms with Crippen molar-refractivity contribution in [2.75, 3.05) is 17.4 Å². The van der Waals surface area contributed by atoms with E-state index < -0.39 is 34.3 Å². The smallest absolute Gasteiger partial charge is 0.264 e. The molecule has 0 bridgehead atoms. The number of anilines is 1. The van der Waals surface area contributed by atoms with Crippen molar-refractivity contribution in [2.45, 2.75) is 51.6 Å². The van der Waals surface area contributed by atoms with Crippen LogP contribution in [0.1, 0.15) is 37.0 Å². The van der Waals surface area contributed by atoms with Gasteiger partial charge >= 0.3 is 0 Å². The molecule has 3 rings (SSSR count). The molecule has 38 heavy (non-hydrogen) atoms. The summed E-state index contributed by atoms with van der Waals surface area (Å²) in [6, 6.07) is 18.0. The SMILES string of the molecule is CCCNC(=O)[C@H](C)N(Cc1ccc(F)cc1)C(=O)CN(c1cccc(C)c1)S(=O)(=O)c1ccc(C)cc1. The number of halogens is 1. The third-order valence-corrected chi connectivity index (χ3v) is 7.95. The summed E-state index contributed by atoms with van der Waals surface area (Å²) >= 11 is 0. The zero-order valence-electron chi connectivity index (χ0n) is 22.1. The number of nitrogens with one attached hydrogen (secondary N) is 1. The summed E-state index contributed by atoms with van der Waals surface area (Å²) in [5.41, 5.74) is 2.68. The van der Waals surface area contributed by atoms with Gasteiger partial charge in [0, 0.05) is 13.1 Å². The molecule has 0 radical (unpaired) electrons. The molecule has 2 amide bonds. The Morgan fingerprint density at radius 1 is 0.947 bits per heavy atom. The van der Waals surface area contributed by atoms with Crippen LogP contribution in [0.3, 0.4) is 0 Å². The largest absolute Gasteiger partial charge is 0.354 e. The van der Waals surface area contributed by atoms with E-state index in [0.717, 1.165) is 21.9 Å². The standard InChI is InChI=1S/C29H34FN3O4S/c1-5-17-31-29(35)23(4)32(19-24-11-13-25(30)14-12-24)28(34)20-33(26-8-6-7-22(3)18-26)38(36,37)27-15-9-21(2)10-16-27/h6-16,18,23H,5,17,19-20H2,1-4H3,(H,31,35)/t23-/m0/s1. The Kier molecular flexibility index (Phi) is 9.63. The lowest BCUT2D eigenvalue weighted by molar-refractivity contribution is -0.139. The molecule has 3 aromatic rings. The number of aryl methyl sites for hydroxylation is 2. The summed E-state index contributed by atoms with van der Waals surface area (Å²) in [5, 5.41) is 2.79. The van der Waals surface area contributed by atoms with Gasteiger partial charge in [0.2, 0.25) is 11.8 Å². The van der Waals surface area contributed by atoms with Crippen molar-refractivity contribution in [3.05, 3.63) is 95.3 Å². The van der Waals surface area contributed by atoms with Gasteiger partial charge in [0.05, 0.1) is 10.6 Å². The topological polar surface area (TPSA) is 86.8 Å². The van der Waals surface area contributed by atoms with E-state index in [-0.39, 0.29) is 17.3 Å². The summed E-state index contributed by atoms with van der Waals surface area (Å²) < 4.78 is 42.1. The van der Waals surface area contributed by atoms with E-state index in [4.69, 9.17) is 0 Å². The number of hydrogen-bond donors (Lipinski definition) is 1. The highest BCUT2D eigenvalue weighted by molar-refractivity contribution is 7.92. The van der Waals surface area contributed by atoms with Crippen LogP contribution in [0.25, 0.3) is 0 Å². The molecule has 0 aliphatic rings. The molecule has 202 valence electrons. The summed E-state index contributed by atoms with van der Waals surface area (Å²) in [7, 11) is -4.12. The number of benzene rings is 3. The number of hydrogen-bond acceptors (Lipinski definition) is 4. The Morgan fingerprint density at radius 2 is 1.61 bits per heavy atom. The maximum atomic E-state index is 13.8. The van der Waals surface area contributed by atoms with Gasteiger partial charge in [-0.25, -0.2) is 12.8 Å². The van der Waals surface area contributed by atoms with Gasteiger partial charge in [0.1, 0.15) is 18.4 Å². The molecule has 0 aliphatic heterocycles. The third-order valence-electron chi connectivity index (χ3n) is 6.16. The van der Waals surface area contributed by atoms with Gasteiger partial charge in [-0.3, -0.25) is 13.9 Å². The molecule has 1 N–H and O–H groups in total. The lowest BCUT2D eigenvalue weighted by Crippen LogP contribution is -2.51. The van der Waals surface area contributed by atoms with Crippen LogP contribution in [-0.4, -0.2) is 44.3 Å². The quantitative estimate of drug-likeness (QED) is 0.387. The van der Waals surface area contributed by atoms with Gasteiger partial charge in [-0.2, -0.15) is 0 Å². The first kappa shape index (κ1) is 28.8. The Balaban J connectivity index is 2.01. The lowest BCUT2D eigenvalue weighted by Gasteiger charge is -2.32. The molecule has 9 heteroatoms. The molecular weight excluding hydrogens is 505 g/mol. The van der Waals surface area contributed by atoms with Crippen LogP contribution in [-0.2, 0) is 26.2 Å². The highest BCUT2D eigenvalue weighted by atomic mass is 32.2. The molecule has 1 atom stereocenters. The van der Waals surface area contributed by atoms with E-state index in [1.54, 1.807) is 37.3 Å². The summed E-state index contributed by atoms with van der Waals surface area (Å²) in [6.07, 6.45) is 0.723. The fourth-order valence-corrected chi connectivity index (χ4v) is 5.32. The van der Waals surface area contributed by atoms with E-state index in [1.807, 2.05) is 26.8 Å². The van der Waals surface area contributed by atoms with Crippen molar-refractivity contribution in [3.63, 3.8) is 0 Å². The molecule has 0 unspecified atom stereocenters. The first-order valence-corrected chi connectivity index (χ1v) is 13.9. The molecule has 0 saturated carbocycles. The monoisotopic (exact) mass is 539 g/mol. The van der Waals surface area contributed by atoms with Crippen LogP contribution >= 0.6 is 0 Å². The Hall–Kier alpha value is -3.72.